The van der Waals surface area contributed by atoms with Gasteiger partial charge in [-0.05, 0) is 13.0 Å². The molecule has 0 amide bonds. The third-order valence-corrected chi connectivity index (χ3v) is 1.88. The lowest BCUT2D eigenvalue weighted by atomic mass is 10.1. The van der Waals surface area contributed by atoms with Gasteiger partial charge in [-0.1, -0.05) is 0 Å². The molecule has 1 aromatic rings. The van der Waals surface area contributed by atoms with Gasteiger partial charge in [0.25, 0.3) is 5.82 Å². The number of anilines is 1. The lowest BCUT2D eigenvalue weighted by Gasteiger charge is -1.94. The Bertz CT molecular complexity index is 360. The Morgan fingerprint density at radius 2 is 2.42 bits per heavy atom. The van der Waals surface area contributed by atoms with Crippen LogP contribution in [0.4, 0.5) is 5.82 Å². The second-order valence-electron chi connectivity index (χ2n) is 2.84. The van der Waals surface area contributed by atoms with Gasteiger partial charge in [-0.15, -0.1) is 0 Å². The lowest BCUT2D eigenvalue weighted by Crippen LogP contribution is -2.18. The van der Waals surface area contributed by atoms with E-state index in [0.717, 1.165) is 11.3 Å². The second kappa shape index (κ2) is 2.20. The summed E-state index contributed by atoms with van der Waals surface area (Å²) in [7, 11) is 0. The van der Waals surface area contributed by atoms with Crippen molar-refractivity contribution in [1.29, 1.82) is 0 Å². The number of ether oxygens (including phenoxy) is 1. The Kier molecular flexibility index (Phi) is 1.30. The SMILES string of the molecule is Cc1cc2c(c(N)[nH+]1)C(=O)OC2. The molecule has 0 bridgehead atoms. The van der Waals surface area contributed by atoms with Crippen molar-refractivity contribution in [2.24, 2.45) is 0 Å². The molecule has 0 spiro atoms. The number of carbonyl (C=O) groups is 1. The van der Waals surface area contributed by atoms with E-state index in [0.29, 0.717) is 18.0 Å². The highest BCUT2D eigenvalue weighted by Gasteiger charge is 2.27. The van der Waals surface area contributed by atoms with E-state index in [4.69, 9.17) is 10.5 Å². The summed E-state index contributed by atoms with van der Waals surface area (Å²) in [6.45, 7) is 2.23. The van der Waals surface area contributed by atoms with E-state index in [1.807, 2.05) is 13.0 Å². The third kappa shape index (κ3) is 0.845. The molecule has 4 nitrogen and oxygen atoms in total. The number of pyridine rings is 1. The molecule has 2 heterocycles. The molecule has 0 radical (unpaired) electrons. The van der Waals surface area contributed by atoms with Crippen molar-refractivity contribution in [3.8, 4) is 0 Å². The zero-order valence-electron chi connectivity index (χ0n) is 6.68. The number of esters is 1. The Morgan fingerprint density at radius 1 is 1.67 bits per heavy atom. The standard InChI is InChI=1S/C8H8N2O2/c1-4-2-5-3-12-8(11)6(5)7(9)10-4/h2H,3H2,1H3,(H2,9,10)/p+1. The summed E-state index contributed by atoms with van der Waals surface area (Å²) in [6, 6.07) is 1.87. The van der Waals surface area contributed by atoms with Gasteiger partial charge in [-0.2, -0.15) is 0 Å². The molecule has 1 aliphatic heterocycles. The first-order chi connectivity index (χ1) is 5.68. The number of aromatic amines is 1. The maximum absolute atomic E-state index is 11.1. The highest BCUT2D eigenvalue weighted by atomic mass is 16.5. The van der Waals surface area contributed by atoms with E-state index in [9.17, 15) is 4.79 Å². The Hall–Kier alpha value is -1.58. The molecule has 2 rings (SSSR count). The minimum atomic E-state index is -0.334. The van der Waals surface area contributed by atoms with Crippen LogP contribution in [0, 0.1) is 6.92 Å². The number of fused-ring (bicyclic) bond motifs is 1. The maximum Gasteiger partial charge on any atom is 0.347 e. The molecular formula is C8H9N2O2+. The van der Waals surface area contributed by atoms with Crippen LogP contribution < -0.4 is 10.7 Å². The molecule has 0 atom stereocenters. The summed E-state index contributed by atoms with van der Waals surface area (Å²) < 4.78 is 4.82. The summed E-state index contributed by atoms with van der Waals surface area (Å²) in [4.78, 5) is 14.0. The number of rotatable bonds is 0. The molecule has 12 heavy (non-hydrogen) atoms. The largest absolute Gasteiger partial charge is 0.457 e. The fourth-order valence-corrected chi connectivity index (χ4v) is 1.39. The molecule has 62 valence electrons. The Balaban J connectivity index is 2.68. The number of aromatic nitrogens is 1. The van der Waals surface area contributed by atoms with E-state index >= 15 is 0 Å². The van der Waals surface area contributed by atoms with Crippen LogP contribution in [-0.2, 0) is 11.3 Å². The van der Waals surface area contributed by atoms with Crippen LogP contribution in [0.1, 0.15) is 21.6 Å². The normalized spacial score (nSPS) is 14.2. The number of hydrogen-bond acceptors (Lipinski definition) is 3. The van der Waals surface area contributed by atoms with Crippen molar-refractivity contribution >= 4 is 11.8 Å². The number of nitrogens with one attached hydrogen (secondary N) is 1. The van der Waals surface area contributed by atoms with E-state index in [1.54, 1.807) is 0 Å². The van der Waals surface area contributed by atoms with Gasteiger partial charge in [0.1, 0.15) is 6.61 Å². The molecule has 1 aromatic heterocycles. The van der Waals surface area contributed by atoms with Gasteiger partial charge in [0, 0.05) is 5.56 Å². The van der Waals surface area contributed by atoms with Crippen molar-refractivity contribution < 1.29 is 14.5 Å². The van der Waals surface area contributed by atoms with Gasteiger partial charge in [0.2, 0.25) is 0 Å². The van der Waals surface area contributed by atoms with Crippen molar-refractivity contribution in [2.75, 3.05) is 5.73 Å². The van der Waals surface area contributed by atoms with E-state index in [2.05, 4.69) is 4.98 Å². The summed E-state index contributed by atoms with van der Waals surface area (Å²) in [5.41, 5.74) is 7.90. The third-order valence-electron chi connectivity index (χ3n) is 1.88. The number of nitrogens with two attached hydrogens (primary N) is 1. The monoisotopic (exact) mass is 165 g/mol. The van der Waals surface area contributed by atoms with Crippen LogP contribution in [0.2, 0.25) is 0 Å². The summed E-state index contributed by atoms with van der Waals surface area (Å²) >= 11 is 0. The predicted molar refractivity (Wildman–Crippen MR) is 41.3 cm³/mol. The Labute approximate surface area is 69.4 Å². The topological polar surface area (TPSA) is 66.5 Å². The number of nitrogen functional groups attached to an aromatic ring is 1. The van der Waals surface area contributed by atoms with Gasteiger partial charge in [0.15, 0.2) is 5.56 Å². The Morgan fingerprint density at radius 3 is 3.17 bits per heavy atom. The van der Waals surface area contributed by atoms with Crippen molar-refractivity contribution in [2.45, 2.75) is 13.5 Å². The number of cyclic esters (lactones) is 1. The average molecular weight is 165 g/mol. The number of H-pyrrole nitrogens is 1. The number of carbonyl (C=O) groups excluding carboxylic acids is 1. The molecule has 4 heteroatoms. The van der Waals surface area contributed by atoms with E-state index in [1.165, 1.54) is 0 Å². The average Bonchev–Trinajstić information content (AvgIpc) is 2.31. The van der Waals surface area contributed by atoms with Crippen LogP contribution in [0.15, 0.2) is 6.07 Å². The molecule has 0 aliphatic carbocycles. The minimum Gasteiger partial charge on any atom is -0.457 e. The summed E-state index contributed by atoms with van der Waals surface area (Å²) in [5.74, 6) is 0.0613. The first-order valence-corrected chi connectivity index (χ1v) is 3.67. The van der Waals surface area contributed by atoms with Gasteiger partial charge >= 0.3 is 5.97 Å². The highest BCUT2D eigenvalue weighted by Crippen LogP contribution is 2.22. The van der Waals surface area contributed by atoms with E-state index < -0.39 is 0 Å². The molecule has 0 aromatic carbocycles. The molecular weight excluding hydrogens is 156 g/mol. The molecule has 0 saturated heterocycles. The molecule has 1 aliphatic rings. The lowest BCUT2D eigenvalue weighted by molar-refractivity contribution is -0.370. The molecule has 3 N–H and O–H groups in total. The fraction of sp³-hybridized carbons (Fsp3) is 0.250. The van der Waals surface area contributed by atoms with Crippen LogP contribution >= 0.6 is 0 Å². The van der Waals surface area contributed by atoms with Crippen molar-refractivity contribution in [3.05, 3.63) is 22.9 Å². The van der Waals surface area contributed by atoms with Crippen LogP contribution in [0.5, 0.6) is 0 Å². The summed E-state index contributed by atoms with van der Waals surface area (Å²) in [5, 5.41) is 0. The second-order valence-corrected chi connectivity index (χ2v) is 2.84. The minimum absolute atomic E-state index is 0.334. The van der Waals surface area contributed by atoms with Crippen LogP contribution in [-0.4, -0.2) is 5.97 Å². The number of aryl methyl sites for hydroxylation is 1. The maximum atomic E-state index is 11.1. The zero-order chi connectivity index (χ0) is 8.72. The van der Waals surface area contributed by atoms with Gasteiger partial charge in [0.05, 0.1) is 5.69 Å². The molecule has 0 unspecified atom stereocenters. The molecule has 0 saturated carbocycles. The summed E-state index contributed by atoms with van der Waals surface area (Å²) in [6.07, 6.45) is 0. The van der Waals surface area contributed by atoms with Gasteiger partial charge in [-0.25, -0.2) is 9.78 Å². The van der Waals surface area contributed by atoms with Crippen LogP contribution in [0.25, 0.3) is 0 Å². The zero-order valence-corrected chi connectivity index (χ0v) is 6.68. The highest BCUT2D eigenvalue weighted by molar-refractivity contribution is 5.97. The van der Waals surface area contributed by atoms with Gasteiger partial charge < -0.3 is 4.74 Å². The van der Waals surface area contributed by atoms with Gasteiger partial charge in [-0.3, -0.25) is 5.73 Å². The quantitative estimate of drug-likeness (QED) is 0.553. The predicted octanol–water partition coefficient (Wildman–Crippen LogP) is 0.0617. The van der Waals surface area contributed by atoms with E-state index in [-0.39, 0.29) is 5.97 Å². The first-order valence-electron chi connectivity index (χ1n) is 3.67. The fourth-order valence-electron chi connectivity index (χ4n) is 1.39. The van der Waals surface area contributed by atoms with Crippen LogP contribution in [0.3, 0.4) is 0 Å². The van der Waals surface area contributed by atoms with Crippen molar-refractivity contribution in [3.63, 3.8) is 0 Å². The number of hydrogen-bond donors (Lipinski definition) is 1. The smallest absolute Gasteiger partial charge is 0.347 e. The van der Waals surface area contributed by atoms with Crippen molar-refractivity contribution in [1.82, 2.24) is 0 Å². The first kappa shape index (κ1) is 7.09. The molecule has 0 fully saturated rings.